The zero-order valence-corrected chi connectivity index (χ0v) is 13.4. The molecule has 0 rings (SSSR count). The second-order valence-corrected chi connectivity index (χ2v) is 5.91. The Morgan fingerprint density at radius 2 is 1.62 bits per heavy atom. The smallest absolute Gasteiger partial charge is 0.397 e. The highest BCUT2D eigenvalue weighted by molar-refractivity contribution is 7.80. The molecule has 0 saturated heterocycles. The van der Waals surface area contributed by atoms with Crippen LogP contribution in [0.2, 0.25) is 0 Å². The first-order valence-corrected chi connectivity index (χ1v) is 8.78. The molecule has 21 heavy (non-hydrogen) atoms. The van der Waals surface area contributed by atoms with Gasteiger partial charge in [0.05, 0.1) is 6.26 Å². The van der Waals surface area contributed by atoms with E-state index in [1.165, 1.54) is 44.8 Å². The molecule has 0 aromatic carbocycles. The maximum Gasteiger partial charge on any atom is 0.397 e. The summed E-state index contributed by atoms with van der Waals surface area (Å²) in [7, 11) is -4.60. The van der Waals surface area contributed by atoms with Crippen molar-refractivity contribution >= 4 is 16.4 Å². The molecule has 0 aliphatic carbocycles. The van der Waals surface area contributed by atoms with Crippen LogP contribution in [0.15, 0.2) is 12.3 Å². The van der Waals surface area contributed by atoms with Gasteiger partial charge in [-0.1, -0.05) is 51.9 Å². The van der Waals surface area contributed by atoms with Crippen LogP contribution in [-0.2, 0) is 24.1 Å². The quantitative estimate of drug-likeness (QED) is 0.242. The summed E-state index contributed by atoms with van der Waals surface area (Å²) in [5, 5.41) is 0. The van der Waals surface area contributed by atoms with Gasteiger partial charge in [-0.15, -0.1) is 0 Å². The lowest BCUT2D eigenvalue weighted by molar-refractivity contribution is -0.140. The van der Waals surface area contributed by atoms with Gasteiger partial charge in [0.1, 0.15) is 0 Å². The number of hydrogen-bond donors (Lipinski definition) is 1. The van der Waals surface area contributed by atoms with E-state index < -0.39 is 23.0 Å². The molecule has 0 aliphatic rings. The van der Waals surface area contributed by atoms with Crippen LogP contribution in [0.1, 0.15) is 64.7 Å². The maximum atomic E-state index is 11.0. The zero-order valence-electron chi connectivity index (χ0n) is 12.6. The molecule has 0 amide bonds. The molecule has 7 heteroatoms. The van der Waals surface area contributed by atoms with E-state index in [0.29, 0.717) is 0 Å². The minimum Gasteiger partial charge on any atom is -0.433 e. The van der Waals surface area contributed by atoms with Crippen LogP contribution in [0, 0.1) is 0 Å². The van der Waals surface area contributed by atoms with Gasteiger partial charge in [0.15, 0.2) is 6.61 Å². The summed E-state index contributed by atoms with van der Waals surface area (Å²) < 4.78 is 37.1. The number of rotatable bonds is 13. The van der Waals surface area contributed by atoms with Crippen molar-refractivity contribution in [1.82, 2.24) is 0 Å². The van der Waals surface area contributed by atoms with E-state index in [9.17, 15) is 13.2 Å². The summed E-state index contributed by atoms with van der Waals surface area (Å²) in [6.45, 7) is 1.37. The molecule has 0 unspecified atom stereocenters. The molecule has 0 spiro atoms. The highest BCUT2D eigenvalue weighted by Gasteiger charge is 2.09. The number of carbonyl (C=O) groups is 1. The Labute approximate surface area is 127 Å². The van der Waals surface area contributed by atoms with Crippen molar-refractivity contribution < 1.29 is 26.7 Å². The fraction of sp³-hybridized carbons (Fsp3) is 0.786. The van der Waals surface area contributed by atoms with Gasteiger partial charge >= 0.3 is 16.4 Å². The lowest BCUT2D eigenvalue weighted by Gasteiger charge is -2.00. The van der Waals surface area contributed by atoms with Crippen LogP contribution >= 0.6 is 0 Å². The molecule has 0 aliphatic heterocycles. The van der Waals surface area contributed by atoms with Gasteiger partial charge in [-0.2, -0.15) is 8.42 Å². The van der Waals surface area contributed by atoms with Crippen molar-refractivity contribution in [1.29, 1.82) is 0 Å². The summed E-state index contributed by atoms with van der Waals surface area (Å²) in [4.78, 5) is 11.0. The number of unbranched alkanes of at least 4 members (excludes halogenated alkanes) is 8. The number of hydrogen-bond acceptors (Lipinski definition) is 5. The molecule has 0 bridgehead atoms. The second-order valence-electron chi connectivity index (χ2n) is 4.82. The molecule has 124 valence electrons. The minimum atomic E-state index is -4.60. The zero-order chi connectivity index (χ0) is 16.0. The van der Waals surface area contributed by atoms with Crippen LogP contribution in [0.4, 0.5) is 0 Å². The largest absolute Gasteiger partial charge is 0.433 e. The van der Waals surface area contributed by atoms with Gasteiger partial charge < -0.3 is 4.74 Å². The van der Waals surface area contributed by atoms with Crippen LogP contribution in [0.25, 0.3) is 0 Å². The maximum absolute atomic E-state index is 11.0. The minimum absolute atomic E-state index is 0.807. The lowest BCUT2D eigenvalue weighted by atomic mass is 10.1. The highest BCUT2D eigenvalue weighted by Crippen LogP contribution is 2.09. The standard InChI is InChI=1S/C14H26O6S/c1-2-3-4-5-6-7-8-9-10-11-12-19-14(15)13-20-21(16,17)18/h11-12H,2-10,13H2,1H3,(H,16,17,18). The SMILES string of the molecule is CCCCCCCCCCC=COC(=O)COS(=O)(=O)O. The van der Waals surface area contributed by atoms with Gasteiger partial charge in [0.2, 0.25) is 0 Å². The summed E-state index contributed by atoms with van der Waals surface area (Å²) in [6, 6.07) is 0. The fourth-order valence-corrected chi connectivity index (χ4v) is 1.99. The van der Waals surface area contributed by atoms with Crippen molar-refractivity contribution in [3.05, 3.63) is 12.3 Å². The van der Waals surface area contributed by atoms with E-state index in [2.05, 4.69) is 15.8 Å². The molecule has 0 heterocycles. The van der Waals surface area contributed by atoms with E-state index in [0.717, 1.165) is 19.3 Å². The molecule has 0 aromatic rings. The van der Waals surface area contributed by atoms with Crippen LogP contribution in [0.5, 0.6) is 0 Å². The number of carbonyl (C=O) groups excluding carboxylic acids is 1. The van der Waals surface area contributed by atoms with Crippen LogP contribution in [-0.4, -0.2) is 25.5 Å². The third-order valence-electron chi connectivity index (χ3n) is 2.85. The van der Waals surface area contributed by atoms with E-state index in [-0.39, 0.29) is 0 Å². The molecular formula is C14H26O6S. The van der Waals surface area contributed by atoms with Gasteiger partial charge in [-0.05, 0) is 18.9 Å². The van der Waals surface area contributed by atoms with E-state index in [4.69, 9.17) is 4.55 Å². The third-order valence-corrected chi connectivity index (χ3v) is 3.26. The average molecular weight is 322 g/mol. The van der Waals surface area contributed by atoms with E-state index >= 15 is 0 Å². The molecule has 0 radical (unpaired) electrons. The lowest BCUT2D eigenvalue weighted by Crippen LogP contribution is -2.14. The van der Waals surface area contributed by atoms with Crippen molar-refractivity contribution in [2.75, 3.05) is 6.61 Å². The van der Waals surface area contributed by atoms with Crippen molar-refractivity contribution in [3.63, 3.8) is 0 Å². The number of ether oxygens (including phenoxy) is 1. The predicted molar refractivity (Wildman–Crippen MR) is 80.0 cm³/mol. The second kappa shape index (κ2) is 12.8. The van der Waals surface area contributed by atoms with Gasteiger partial charge in [0.25, 0.3) is 0 Å². The summed E-state index contributed by atoms with van der Waals surface area (Å²) in [5.41, 5.74) is 0. The molecule has 1 N–H and O–H groups in total. The molecule has 0 saturated carbocycles. The van der Waals surface area contributed by atoms with E-state index in [1.54, 1.807) is 6.08 Å². The molecule has 6 nitrogen and oxygen atoms in total. The first-order valence-electron chi connectivity index (χ1n) is 7.42. The van der Waals surface area contributed by atoms with Crippen LogP contribution < -0.4 is 0 Å². The summed E-state index contributed by atoms with van der Waals surface area (Å²) in [5.74, 6) is -0.875. The van der Waals surface area contributed by atoms with Crippen molar-refractivity contribution in [2.45, 2.75) is 64.7 Å². The predicted octanol–water partition coefficient (Wildman–Crippen LogP) is 3.39. The fourth-order valence-electron chi connectivity index (χ4n) is 1.74. The normalized spacial score (nSPS) is 11.9. The van der Waals surface area contributed by atoms with Crippen LogP contribution in [0.3, 0.4) is 0 Å². The van der Waals surface area contributed by atoms with Crippen molar-refractivity contribution in [3.8, 4) is 0 Å². The Morgan fingerprint density at radius 3 is 2.19 bits per heavy atom. The molecule has 0 atom stereocenters. The molecule has 0 fully saturated rings. The average Bonchev–Trinajstić information content (AvgIpc) is 2.42. The summed E-state index contributed by atoms with van der Waals surface area (Å²) in [6.07, 6.45) is 13.6. The Bertz CT molecular complexity index is 388. The highest BCUT2D eigenvalue weighted by atomic mass is 32.3. The van der Waals surface area contributed by atoms with Crippen molar-refractivity contribution in [2.24, 2.45) is 0 Å². The first-order chi connectivity index (χ1) is 9.95. The Hall–Kier alpha value is -0.920. The van der Waals surface area contributed by atoms with Gasteiger partial charge in [-0.25, -0.2) is 8.98 Å². The third kappa shape index (κ3) is 17.0. The van der Waals surface area contributed by atoms with E-state index in [1.807, 2.05) is 0 Å². The van der Waals surface area contributed by atoms with Gasteiger partial charge in [0, 0.05) is 0 Å². The Balaban J connectivity index is 3.38. The first kappa shape index (κ1) is 20.1. The molecule has 0 aromatic heterocycles. The monoisotopic (exact) mass is 322 g/mol. The number of esters is 1. The Morgan fingerprint density at radius 1 is 1.05 bits per heavy atom. The topological polar surface area (TPSA) is 89.9 Å². The molecular weight excluding hydrogens is 296 g/mol. The Kier molecular flexibility index (Phi) is 12.2. The summed E-state index contributed by atoms with van der Waals surface area (Å²) >= 11 is 0. The van der Waals surface area contributed by atoms with Gasteiger partial charge in [-0.3, -0.25) is 4.55 Å². The number of allylic oxidation sites excluding steroid dienone is 1.